The predicted molar refractivity (Wildman–Crippen MR) is 136 cm³/mol. The molecule has 1 atom stereocenters. The van der Waals surface area contributed by atoms with E-state index in [0.29, 0.717) is 0 Å². The Kier molecular flexibility index (Phi) is 7.01. The van der Waals surface area contributed by atoms with E-state index in [1.165, 1.54) is 11.8 Å². The highest BCUT2D eigenvalue weighted by Gasteiger charge is 2.43. The first kappa shape index (κ1) is 22.3. The van der Waals surface area contributed by atoms with Crippen molar-refractivity contribution in [2.24, 2.45) is 4.99 Å². The first-order valence-corrected chi connectivity index (χ1v) is 12.6. The number of nitrogens with zero attached hydrogens (tertiary/aromatic N) is 2. The minimum atomic E-state index is -0.436. The quantitative estimate of drug-likeness (QED) is 0.481. The number of aryl methyl sites for hydroxylation is 2. The summed E-state index contributed by atoms with van der Waals surface area (Å²) in [7, 11) is 0. The lowest BCUT2D eigenvalue weighted by Crippen LogP contribution is -2.40. The zero-order valence-corrected chi connectivity index (χ0v) is 20.7. The molecular weight excluding hydrogens is 521 g/mol. The van der Waals surface area contributed by atoms with Gasteiger partial charge in [-0.2, -0.15) is 0 Å². The third-order valence-corrected chi connectivity index (χ3v) is 7.46. The average molecular weight is 547 g/mol. The van der Waals surface area contributed by atoms with E-state index in [1.54, 1.807) is 0 Å². The summed E-state index contributed by atoms with van der Waals surface area (Å²) < 4.78 is 1.11. The highest BCUT2D eigenvalue weighted by molar-refractivity contribution is 14.1. The lowest BCUT2D eigenvalue weighted by Gasteiger charge is -2.23. The summed E-state index contributed by atoms with van der Waals surface area (Å²) in [5.41, 5.74) is 3.90. The first-order valence-electron chi connectivity index (χ1n) is 10.6. The molecule has 5 nitrogen and oxygen atoms in total. The molecule has 0 radical (unpaired) electrons. The van der Waals surface area contributed by atoms with E-state index in [0.717, 1.165) is 56.9 Å². The van der Waals surface area contributed by atoms with Crippen LogP contribution in [0.4, 0.5) is 11.4 Å². The summed E-state index contributed by atoms with van der Waals surface area (Å²) in [5, 5.41) is 3.21. The Hall–Kier alpha value is -1.87. The molecule has 162 valence electrons. The van der Waals surface area contributed by atoms with E-state index < -0.39 is 5.25 Å². The Bertz CT molecular complexity index is 996. The van der Waals surface area contributed by atoms with Crippen LogP contribution in [0, 0.1) is 17.4 Å². The van der Waals surface area contributed by atoms with E-state index in [9.17, 15) is 9.59 Å². The number of amides is 2. The molecule has 1 saturated carbocycles. The van der Waals surface area contributed by atoms with Crippen LogP contribution in [0.25, 0.3) is 0 Å². The number of anilines is 1. The van der Waals surface area contributed by atoms with Crippen molar-refractivity contribution in [3.63, 3.8) is 0 Å². The molecular formula is C24H26IN3O2S. The molecule has 1 heterocycles. The molecule has 1 N–H and O–H groups in total. The van der Waals surface area contributed by atoms with Crippen molar-refractivity contribution in [2.45, 2.75) is 57.2 Å². The monoisotopic (exact) mass is 547 g/mol. The number of rotatable bonds is 5. The second-order valence-corrected chi connectivity index (χ2v) is 10.7. The van der Waals surface area contributed by atoms with Crippen molar-refractivity contribution >= 4 is 62.7 Å². The van der Waals surface area contributed by atoms with Gasteiger partial charge in [0.25, 0.3) is 0 Å². The molecule has 0 spiro atoms. The Labute approximate surface area is 201 Å². The fraction of sp³-hybridized carbons (Fsp3) is 0.375. The molecule has 31 heavy (non-hydrogen) atoms. The van der Waals surface area contributed by atoms with Gasteiger partial charge in [0, 0.05) is 21.7 Å². The largest absolute Gasteiger partial charge is 0.326 e. The van der Waals surface area contributed by atoms with Crippen LogP contribution in [0.15, 0.2) is 47.5 Å². The SMILES string of the molecule is Cc1cc(C)cc(N=C2S[C@H](CC(=O)Nc3ccc(I)cc3)C(=O)N2C2CCCC2)c1. The van der Waals surface area contributed by atoms with E-state index in [-0.39, 0.29) is 24.3 Å². The second-order valence-electron chi connectivity index (χ2n) is 8.25. The van der Waals surface area contributed by atoms with Crippen LogP contribution in [0.2, 0.25) is 0 Å². The molecule has 4 rings (SSSR count). The number of hydrogen-bond donors (Lipinski definition) is 1. The van der Waals surface area contributed by atoms with E-state index in [2.05, 4.69) is 47.8 Å². The van der Waals surface area contributed by atoms with Crippen LogP contribution in [0.5, 0.6) is 0 Å². The maximum absolute atomic E-state index is 13.3. The lowest BCUT2D eigenvalue weighted by molar-refractivity contribution is -0.129. The fourth-order valence-corrected chi connectivity index (χ4v) is 5.80. The Balaban J connectivity index is 1.54. The lowest BCUT2D eigenvalue weighted by atomic mass is 10.1. The molecule has 2 aromatic rings. The number of hydrogen-bond acceptors (Lipinski definition) is 4. The van der Waals surface area contributed by atoms with Gasteiger partial charge >= 0.3 is 0 Å². The van der Waals surface area contributed by atoms with Gasteiger partial charge in [0.2, 0.25) is 11.8 Å². The van der Waals surface area contributed by atoms with Gasteiger partial charge in [0.05, 0.1) is 5.69 Å². The number of benzene rings is 2. The number of carbonyl (C=O) groups is 2. The number of thioether (sulfide) groups is 1. The van der Waals surface area contributed by atoms with Crippen molar-refractivity contribution in [1.82, 2.24) is 4.90 Å². The van der Waals surface area contributed by atoms with Gasteiger partial charge in [0.1, 0.15) is 5.25 Å². The summed E-state index contributed by atoms with van der Waals surface area (Å²) in [6.07, 6.45) is 4.41. The van der Waals surface area contributed by atoms with Crippen molar-refractivity contribution in [1.29, 1.82) is 0 Å². The van der Waals surface area contributed by atoms with Gasteiger partial charge < -0.3 is 5.32 Å². The van der Waals surface area contributed by atoms with Crippen molar-refractivity contribution in [2.75, 3.05) is 5.32 Å². The first-order chi connectivity index (χ1) is 14.9. The molecule has 2 amide bonds. The van der Waals surface area contributed by atoms with Gasteiger partial charge in [-0.1, -0.05) is 30.7 Å². The van der Waals surface area contributed by atoms with Crippen molar-refractivity contribution < 1.29 is 9.59 Å². The maximum atomic E-state index is 13.3. The molecule has 0 aromatic heterocycles. The zero-order valence-electron chi connectivity index (χ0n) is 17.7. The summed E-state index contributed by atoms with van der Waals surface area (Å²) in [6, 6.07) is 14.0. The fourth-order valence-electron chi connectivity index (χ4n) is 4.23. The Morgan fingerprint density at radius 1 is 1.13 bits per heavy atom. The van der Waals surface area contributed by atoms with Crippen LogP contribution in [-0.4, -0.2) is 33.2 Å². The van der Waals surface area contributed by atoms with E-state index in [4.69, 9.17) is 4.99 Å². The maximum Gasteiger partial charge on any atom is 0.242 e. The molecule has 2 aliphatic rings. The molecule has 7 heteroatoms. The van der Waals surface area contributed by atoms with Crippen LogP contribution < -0.4 is 5.32 Å². The van der Waals surface area contributed by atoms with Crippen LogP contribution >= 0.6 is 34.4 Å². The van der Waals surface area contributed by atoms with Crippen LogP contribution in [-0.2, 0) is 9.59 Å². The molecule has 1 saturated heterocycles. The van der Waals surface area contributed by atoms with E-state index >= 15 is 0 Å². The Morgan fingerprint density at radius 2 is 1.77 bits per heavy atom. The summed E-state index contributed by atoms with van der Waals surface area (Å²) in [4.78, 5) is 32.7. The highest BCUT2D eigenvalue weighted by Crippen LogP contribution is 2.37. The summed E-state index contributed by atoms with van der Waals surface area (Å²) in [5.74, 6) is -0.135. The minimum Gasteiger partial charge on any atom is -0.326 e. The predicted octanol–water partition coefficient (Wildman–Crippen LogP) is 5.81. The van der Waals surface area contributed by atoms with Gasteiger partial charge in [-0.15, -0.1) is 0 Å². The molecule has 1 aliphatic carbocycles. The molecule has 2 aromatic carbocycles. The number of carbonyl (C=O) groups excluding carboxylic acids is 2. The zero-order chi connectivity index (χ0) is 22.0. The summed E-state index contributed by atoms with van der Waals surface area (Å²) in [6.45, 7) is 4.10. The van der Waals surface area contributed by atoms with Crippen LogP contribution in [0.3, 0.4) is 0 Å². The topological polar surface area (TPSA) is 61.8 Å². The van der Waals surface area contributed by atoms with Crippen molar-refractivity contribution in [3.8, 4) is 0 Å². The average Bonchev–Trinajstić information content (AvgIpc) is 3.31. The highest BCUT2D eigenvalue weighted by atomic mass is 127. The normalized spacial score (nSPS) is 20.6. The number of halogens is 1. The van der Waals surface area contributed by atoms with E-state index in [1.807, 2.05) is 41.3 Å². The minimum absolute atomic E-state index is 0.0118. The molecule has 1 aliphatic heterocycles. The van der Waals surface area contributed by atoms with Gasteiger partial charge in [-0.25, -0.2) is 4.99 Å². The molecule has 0 unspecified atom stereocenters. The van der Waals surface area contributed by atoms with Crippen LogP contribution in [0.1, 0.15) is 43.2 Å². The number of nitrogens with one attached hydrogen (secondary N) is 1. The van der Waals surface area contributed by atoms with Gasteiger partial charge in [-0.3, -0.25) is 14.5 Å². The third-order valence-electron chi connectivity index (χ3n) is 5.59. The molecule has 0 bridgehead atoms. The second kappa shape index (κ2) is 9.73. The molecule has 2 fully saturated rings. The number of aliphatic imine (C=N–C) groups is 1. The standard InChI is InChI=1S/C24H26IN3O2S/c1-15-11-16(2)13-19(12-15)27-24-28(20-5-3-4-6-20)23(30)21(31-24)14-22(29)26-18-9-7-17(25)8-10-18/h7-13,20-21H,3-6,14H2,1-2H3,(H,26,29)/t21-/m1/s1. The Morgan fingerprint density at radius 3 is 2.42 bits per heavy atom. The third kappa shape index (κ3) is 5.49. The smallest absolute Gasteiger partial charge is 0.242 e. The van der Waals surface area contributed by atoms with Gasteiger partial charge in [0.15, 0.2) is 5.17 Å². The number of amidine groups is 1. The van der Waals surface area contributed by atoms with Crippen molar-refractivity contribution in [3.05, 3.63) is 57.2 Å². The van der Waals surface area contributed by atoms with Gasteiger partial charge in [-0.05, 0) is 96.8 Å². The summed E-state index contributed by atoms with van der Waals surface area (Å²) >= 11 is 3.66.